The summed E-state index contributed by atoms with van der Waals surface area (Å²) in [5, 5.41) is 12.7. The normalized spacial score (nSPS) is 21.7. The lowest BCUT2D eigenvalue weighted by Gasteiger charge is -2.35. The number of hydrogen-bond donors (Lipinski definition) is 2. The molecule has 0 aliphatic heterocycles. The van der Waals surface area contributed by atoms with Crippen molar-refractivity contribution in [2.75, 3.05) is 12.4 Å². The topological polar surface area (TPSA) is 69.6 Å². The van der Waals surface area contributed by atoms with Crippen LogP contribution in [0.4, 0.5) is 5.69 Å². The number of nitrogens with one attached hydrogen (secondary N) is 1. The number of aliphatic hydroxyl groups excluding tert-OH is 1. The third kappa shape index (κ3) is 3.82. The second-order valence-electron chi connectivity index (χ2n) is 5.60. The van der Waals surface area contributed by atoms with Gasteiger partial charge < -0.3 is 15.3 Å². The van der Waals surface area contributed by atoms with Gasteiger partial charge in [-0.1, -0.05) is 18.9 Å². The van der Waals surface area contributed by atoms with Gasteiger partial charge in [-0.05, 0) is 31.0 Å². The largest absolute Gasteiger partial charge is 0.391 e. The Morgan fingerprint density at radius 3 is 2.67 bits per heavy atom. The highest BCUT2D eigenvalue weighted by atomic mass is 16.3. The van der Waals surface area contributed by atoms with E-state index in [0.29, 0.717) is 11.3 Å². The van der Waals surface area contributed by atoms with Gasteiger partial charge in [0.15, 0.2) is 0 Å². The zero-order chi connectivity index (χ0) is 15.4. The summed E-state index contributed by atoms with van der Waals surface area (Å²) in [5.74, 6) is -0.302. The van der Waals surface area contributed by atoms with E-state index in [4.69, 9.17) is 0 Å². The van der Waals surface area contributed by atoms with Crippen molar-refractivity contribution < 1.29 is 14.7 Å². The van der Waals surface area contributed by atoms with Gasteiger partial charge in [0, 0.05) is 25.2 Å². The zero-order valence-electron chi connectivity index (χ0n) is 12.5. The molecule has 1 fully saturated rings. The van der Waals surface area contributed by atoms with Gasteiger partial charge in [0.25, 0.3) is 5.91 Å². The fourth-order valence-corrected chi connectivity index (χ4v) is 2.83. The summed E-state index contributed by atoms with van der Waals surface area (Å²) in [5.41, 5.74) is 1.12. The summed E-state index contributed by atoms with van der Waals surface area (Å²) in [6.07, 6.45) is 3.16. The summed E-state index contributed by atoms with van der Waals surface area (Å²) < 4.78 is 0. The second kappa shape index (κ2) is 6.72. The van der Waals surface area contributed by atoms with Gasteiger partial charge in [0.05, 0.1) is 12.1 Å². The highest BCUT2D eigenvalue weighted by Gasteiger charge is 2.29. The number of carbonyl (C=O) groups is 2. The zero-order valence-corrected chi connectivity index (χ0v) is 12.5. The quantitative estimate of drug-likeness (QED) is 0.894. The predicted molar refractivity (Wildman–Crippen MR) is 81.1 cm³/mol. The number of rotatable bonds is 3. The van der Waals surface area contributed by atoms with Gasteiger partial charge in [-0.15, -0.1) is 0 Å². The molecule has 2 rings (SSSR count). The number of amides is 2. The number of nitrogens with zero attached hydrogens (tertiary/aromatic N) is 1. The summed E-state index contributed by atoms with van der Waals surface area (Å²) in [7, 11) is 1.73. The van der Waals surface area contributed by atoms with Crippen LogP contribution in [0.1, 0.15) is 43.0 Å². The van der Waals surface area contributed by atoms with Crippen molar-refractivity contribution in [2.45, 2.75) is 44.8 Å². The van der Waals surface area contributed by atoms with E-state index in [-0.39, 0.29) is 17.9 Å². The summed E-state index contributed by atoms with van der Waals surface area (Å²) in [4.78, 5) is 25.2. The van der Waals surface area contributed by atoms with Crippen molar-refractivity contribution >= 4 is 17.5 Å². The molecule has 0 radical (unpaired) electrons. The van der Waals surface area contributed by atoms with Gasteiger partial charge in [0.2, 0.25) is 5.91 Å². The molecular weight excluding hydrogens is 268 g/mol. The predicted octanol–water partition coefficient (Wildman–Crippen LogP) is 2.02. The van der Waals surface area contributed by atoms with Crippen LogP contribution in [0, 0.1) is 0 Å². The van der Waals surface area contributed by atoms with Crippen LogP contribution in [0.25, 0.3) is 0 Å². The smallest absolute Gasteiger partial charge is 0.254 e. The Hall–Kier alpha value is -1.88. The van der Waals surface area contributed by atoms with Crippen molar-refractivity contribution in [2.24, 2.45) is 0 Å². The molecule has 2 amide bonds. The maximum Gasteiger partial charge on any atom is 0.254 e. The van der Waals surface area contributed by atoms with E-state index in [9.17, 15) is 14.7 Å². The van der Waals surface area contributed by atoms with E-state index in [0.717, 1.165) is 25.7 Å². The molecule has 0 bridgehead atoms. The maximum atomic E-state index is 12.5. The van der Waals surface area contributed by atoms with E-state index in [1.807, 2.05) is 0 Å². The monoisotopic (exact) mass is 290 g/mol. The minimum Gasteiger partial charge on any atom is -0.391 e. The first-order valence-corrected chi connectivity index (χ1v) is 7.32. The maximum absolute atomic E-state index is 12.5. The average Bonchev–Trinajstić information content (AvgIpc) is 2.46. The molecule has 5 heteroatoms. The molecule has 0 heterocycles. The van der Waals surface area contributed by atoms with Crippen molar-refractivity contribution in [3.05, 3.63) is 29.8 Å². The average molecular weight is 290 g/mol. The number of aliphatic hydroxyl groups is 1. The molecule has 2 N–H and O–H groups in total. The van der Waals surface area contributed by atoms with E-state index in [2.05, 4.69) is 5.32 Å². The highest BCUT2D eigenvalue weighted by Crippen LogP contribution is 2.24. The highest BCUT2D eigenvalue weighted by molar-refractivity contribution is 5.96. The van der Waals surface area contributed by atoms with Crippen LogP contribution in [0.2, 0.25) is 0 Å². The Balaban J connectivity index is 2.13. The lowest BCUT2D eigenvalue weighted by molar-refractivity contribution is -0.114. The van der Waals surface area contributed by atoms with Crippen LogP contribution in [-0.2, 0) is 4.79 Å². The van der Waals surface area contributed by atoms with Gasteiger partial charge in [0.1, 0.15) is 0 Å². The van der Waals surface area contributed by atoms with Crippen LogP contribution >= 0.6 is 0 Å². The third-order valence-corrected chi connectivity index (χ3v) is 3.94. The summed E-state index contributed by atoms with van der Waals surface area (Å²) in [6, 6.07) is 6.74. The molecule has 0 aromatic heterocycles. The fraction of sp³-hybridized carbons (Fsp3) is 0.500. The Morgan fingerprint density at radius 2 is 2.00 bits per heavy atom. The molecule has 1 aromatic rings. The Kier molecular flexibility index (Phi) is 4.96. The Bertz CT molecular complexity index is 530. The Morgan fingerprint density at radius 1 is 1.29 bits per heavy atom. The number of anilines is 1. The van der Waals surface area contributed by atoms with Crippen LogP contribution in [0.3, 0.4) is 0 Å². The number of likely N-dealkylation sites (N-methyl/N-ethyl adjacent to an activating group) is 1. The first-order valence-electron chi connectivity index (χ1n) is 7.32. The molecule has 1 saturated carbocycles. The van der Waals surface area contributed by atoms with Crippen LogP contribution in [-0.4, -0.2) is 41.0 Å². The van der Waals surface area contributed by atoms with Gasteiger partial charge in [-0.3, -0.25) is 9.59 Å². The van der Waals surface area contributed by atoms with Gasteiger partial charge in [-0.25, -0.2) is 0 Å². The third-order valence-electron chi connectivity index (χ3n) is 3.94. The minimum atomic E-state index is -0.453. The molecular formula is C16H22N2O3. The molecule has 1 aliphatic rings. The minimum absolute atomic E-state index is 0.129. The van der Waals surface area contributed by atoms with Crippen LogP contribution in [0.15, 0.2) is 24.3 Å². The molecule has 114 valence electrons. The van der Waals surface area contributed by atoms with Crippen molar-refractivity contribution in [3.8, 4) is 0 Å². The van der Waals surface area contributed by atoms with Crippen LogP contribution in [0.5, 0.6) is 0 Å². The number of hydrogen-bond acceptors (Lipinski definition) is 3. The van der Waals surface area contributed by atoms with Crippen LogP contribution < -0.4 is 5.32 Å². The Labute approximate surface area is 125 Å². The molecule has 5 nitrogen and oxygen atoms in total. The molecule has 0 saturated heterocycles. The lowest BCUT2D eigenvalue weighted by Crippen LogP contribution is -2.46. The standard InChI is InChI=1S/C16H22N2O3/c1-11(19)17-13-7-5-6-12(10-13)16(21)18(2)14-8-3-4-9-15(14)20/h5-7,10,14-15,20H,3-4,8-9H2,1-2H3,(H,17,19). The fourth-order valence-electron chi connectivity index (χ4n) is 2.83. The molecule has 21 heavy (non-hydrogen) atoms. The van der Waals surface area contributed by atoms with Gasteiger partial charge in [-0.2, -0.15) is 0 Å². The lowest BCUT2D eigenvalue weighted by atomic mass is 9.91. The first-order chi connectivity index (χ1) is 9.99. The molecule has 0 spiro atoms. The number of carbonyl (C=O) groups excluding carboxylic acids is 2. The van der Waals surface area contributed by atoms with Crippen molar-refractivity contribution in [3.63, 3.8) is 0 Å². The number of benzene rings is 1. The molecule has 2 unspecified atom stereocenters. The van der Waals surface area contributed by atoms with E-state index in [1.54, 1.807) is 36.2 Å². The van der Waals surface area contributed by atoms with Crippen molar-refractivity contribution in [1.29, 1.82) is 0 Å². The van der Waals surface area contributed by atoms with E-state index < -0.39 is 6.10 Å². The van der Waals surface area contributed by atoms with Crippen molar-refractivity contribution in [1.82, 2.24) is 4.90 Å². The van der Waals surface area contributed by atoms with E-state index >= 15 is 0 Å². The summed E-state index contributed by atoms with van der Waals surface area (Å²) in [6.45, 7) is 1.43. The van der Waals surface area contributed by atoms with Gasteiger partial charge >= 0.3 is 0 Å². The SMILES string of the molecule is CC(=O)Nc1cccc(C(=O)N(C)C2CCCCC2O)c1. The van der Waals surface area contributed by atoms with E-state index in [1.165, 1.54) is 6.92 Å². The molecule has 2 atom stereocenters. The second-order valence-corrected chi connectivity index (χ2v) is 5.60. The summed E-state index contributed by atoms with van der Waals surface area (Å²) >= 11 is 0. The molecule has 1 aliphatic carbocycles. The molecule has 1 aromatic carbocycles. The first kappa shape index (κ1) is 15.5.